The molecule has 1 atom stereocenters. The van der Waals surface area contributed by atoms with Gasteiger partial charge in [0.2, 0.25) is 5.91 Å². The molecule has 2 heterocycles. The number of amides is 1. The van der Waals surface area contributed by atoms with Crippen LogP contribution in [-0.4, -0.2) is 31.6 Å². The van der Waals surface area contributed by atoms with Crippen LogP contribution in [0.15, 0.2) is 35.7 Å². The quantitative estimate of drug-likeness (QED) is 0.733. The number of methoxy groups -OCH3 is 2. The topological polar surface area (TPSA) is 38.8 Å². The number of benzene rings is 1. The lowest BCUT2D eigenvalue weighted by atomic mass is 10.0. The Morgan fingerprint density at radius 1 is 1.28 bits per heavy atom. The first kappa shape index (κ1) is 17.8. The minimum absolute atomic E-state index is 0.107. The van der Waals surface area contributed by atoms with Gasteiger partial charge in [-0.3, -0.25) is 4.79 Å². The first-order valence-corrected chi connectivity index (χ1v) is 9.64. The number of hydrogen-bond acceptors (Lipinski definition) is 4. The highest BCUT2D eigenvalue weighted by molar-refractivity contribution is 7.09. The third-order valence-electron chi connectivity index (χ3n) is 4.77. The number of likely N-dealkylation sites (tertiary alicyclic amines) is 1. The van der Waals surface area contributed by atoms with Crippen LogP contribution in [0.2, 0.25) is 0 Å². The van der Waals surface area contributed by atoms with Gasteiger partial charge >= 0.3 is 0 Å². The fraction of sp³-hybridized carbons (Fsp3) is 0.450. The van der Waals surface area contributed by atoms with E-state index in [0.29, 0.717) is 6.42 Å². The summed E-state index contributed by atoms with van der Waals surface area (Å²) in [5.74, 6) is 1.81. The molecule has 1 aromatic heterocycles. The molecule has 1 unspecified atom stereocenters. The van der Waals surface area contributed by atoms with Crippen LogP contribution in [0.1, 0.15) is 42.2 Å². The molecule has 1 saturated heterocycles. The maximum atomic E-state index is 12.7. The van der Waals surface area contributed by atoms with E-state index >= 15 is 0 Å². The molecule has 1 aliphatic rings. The summed E-state index contributed by atoms with van der Waals surface area (Å²) in [4.78, 5) is 16.1. The van der Waals surface area contributed by atoms with E-state index in [1.54, 1.807) is 25.6 Å². The third kappa shape index (κ3) is 4.15. The maximum absolute atomic E-state index is 12.7. The van der Waals surface area contributed by atoms with Gasteiger partial charge in [-0.25, -0.2) is 0 Å². The number of carbonyl (C=O) groups excluding carboxylic acids is 1. The van der Waals surface area contributed by atoms with Crippen molar-refractivity contribution in [1.82, 2.24) is 4.90 Å². The molecular formula is C20H25NO3S. The summed E-state index contributed by atoms with van der Waals surface area (Å²) in [6.45, 7) is 0.831. The van der Waals surface area contributed by atoms with Crippen LogP contribution in [0, 0.1) is 0 Å². The molecule has 0 N–H and O–H groups in total. The van der Waals surface area contributed by atoms with Crippen LogP contribution in [0.4, 0.5) is 0 Å². The molecule has 3 rings (SSSR count). The molecule has 134 valence electrons. The number of carbonyl (C=O) groups is 1. The normalized spacial score (nSPS) is 16.9. The second kappa shape index (κ2) is 8.39. The van der Waals surface area contributed by atoms with Crippen molar-refractivity contribution >= 4 is 17.2 Å². The molecule has 1 fully saturated rings. The van der Waals surface area contributed by atoms with Gasteiger partial charge in [0, 0.05) is 29.5 Å². The summed E-state index contributed by atoms with van der Waals surface area (Å²) in [6.07, 6.45) is 4.51. The maximum Gasteiger partial charge on any atom is 0.223 e. The first-order chi connectivity index (χ1) is 12.2. The second-order valence-corrected chi connectivity index (χ2v) is 7.32. The summed E-state index contributed by atoms with van der Waals surface area (Å²) < 4.78 is 10.8. The Morgan fingerprint density at radius 2 is 2.16 bits per heavy atom. The Kier molecular flexibility index (Phi) is 5.97. The number of nitrogens with zero attached hydrogens (tertiary/aromatic N) is 1. The Hall–Kier alpha value is -2.01. The van der Waals surface area contributed by atoms with E-state index in [0.717, 1.165) is 49.3 Å². The molecule has 1 aliphatic heterocycles. The van der Waals surface area contributed by atoms with E-state index in [4.69, 9.17) is 9.47 Å². The lowest BCUT2D eigenvalue weighted by Gasteiger charge is -2.26. The highest BCUT2D eigenvalue weighted by Gasteiger charge is 2.31. The fourth-order valence-corrected chi connectivity index (χ4v) is 4.25. The average Bonchev–Trinajstić information content (AvgIpc) is 3.32. The van der Waals surface area contributed by atoms with Crippen LogP contribution < -0.4 is 9.47 Å². The Morgan fingerprint density at radius 3 is 2.88 bits per heavy atom. The zero-order valence-corrected chi connectivity index (χ0v) is 15.7. The smallest absolute Gasteiger partial charge is 0.223 e. The van der Waals surface area contributed by atoms with Gasteiger partial charge in [0.1, 0.15) is 11.5 Å². The number of thiophene rings is 1. The van der Waals surface area contributed by atoms with Crippen LogP contribution >= 0.6 is 11.3 Å². The minimum Gasteiger partial charge on any atom is -0.497 e. The number of rotatable bonds is 7. The van der Waals surface area contributed by atoms with Crippen LogP contribution in [0.25, 0.3) is 0 Å². The van der Waals surface area contributed by atoms with Crippen molar-refractivity contribution in [2.75, 3.05) is 20.8 Å². The summed E-state index contributed by atoms with van der Waals surface area (Å²) in [5, 5.41) is 2.09. The summed E-state index contributed by atoms with van der Waals surface area (Å²) >= 11 is 1.76. The fourth-order valence-electron chi connectivity index (χ4n) is 3.49. The molecule has 1 amide bonds. The van der Waals surface area contributed by atoms with Crippen molar-refractivity contribution < 1.29 is 14.3 Å². The largest absolute Gasteiger partial charge is 0.497 e. The summed E-state index contributed by atoms with van der Waals surface area (Å²) in [7, 11) is 3.31. The Balaban J connectivity index is 1.66. The van der Waals surface area contributed by atoms with Gasteiger partial charge in [0.15, 0.2) is 0 Å². The van der Waals surface area contributed by atoms with Crippen molar-refractivity contribution in [3.8, 4) is 11.5 Å². The summed E-state index contributed by atoms with van der Waals surface area (Å²) in [5.41, 5.74) is 1.08. The molecule has 0 radical (unpaired) electrons. The minimum atomic E-state index is 0.107. The van der Waals surface area contributed by atoms with Crippen LogP contribution in [0.3, 0.4) is 0 Å². The van der Waals surface area contributed by atoms with Gasteiger partial charge in [0.05, 0.1) is 20.3 Å². The molecule has 2 aromatic rings. The SMILES string of the molecule is COc1ccc(C2CCCN2C(=O)CCCc2cccs2)c(OC)c1. The number of hydrogen-bond donors (Lipinski definition) is 0. The monoisotopic (exact) mass is 359 g/mol. The molecule has 25 heavy (non-hydrogen) atoms. The molecule has 0 bridgehead atoms. The van der Waals surface area contributed by atoms with Gasteiger partial charge in [-0.1, -0.05) is 6.07 Å². The van der Waals surface area contributed by atoms with Crippen LogP contribution in [-0.2, 0) is 11.2 Å². The third-order valence-corrected chi connectivity index (χ3v) is 5.70. The average molecular weight is 359 g/mol. The zero-order chi connectivity index (χ0) is 17.6. The first-order valence-electron chi connectivity index (χ1n) is 8.76. The second-order valence-electron chi connectivity index (χ2n) is 6.29. The van der Waals surface area contributed by atoms with Crippen molar-refractivity contribution in [2.45, 2.75) is 38.1 Å². The van der Waals surface area contributed by atoms with Crippen molar-refractivity contribution in [2.24, 2.45) is 0 Å². The van der Waals surface area contributed by atoms with Gasteiger partial charge in [0.25, 0.3) is 0 Å². The standard InChI is InChI=1S/C20H25NO3S/c1-23-15-10-11-17(19(14-15)24-2)18-8-4-12-21(18)20(22)9-3-6-16-7-5-13-25-16/h5,7,10-11,13-14,18H,3-4,6,8-9,12H2,1-2H3. The van der Waals surface area contributed by atoms with Gasteiger partial charge < -0.3 is 14.4 Å². The highest BCUT2D eigenvalue weighted by Crippen LogP contribution is 2.39. The van der Waals surface area contributed by atoms with Gasteiger partial charge in [-0.15, -0.1) is 11.3 Å². The molecule has 0 spiro atoms. The lowest BCUT2D eigenvalue weighted by molar-refractivity contribution is -0.132. The predicted molar refractivity (Wildman–Crippen MR) is 100 cm³/mol. The molecule has 0 saturated carbocycles. The van der Waals surface area contributed by atoms with Gasteiger partial charge in [-0.05, 0) is 49.3 Å². The Labute approximate surface area is 153 Å². The van der Waals surface area contributed by atoms with E-state index in [-0.39, 0.29) is 11.9 Å². The molecule has 4 nitrogen and oxygen atoms in total. The number of ether oxygens (including phenoxy) is 2. The van der Waals surface area contributed by atoms with E-state index < -0.39 is 0 Å². The summed E-state index contributed by atoms with van der Waals surface area (Å²) in [6, 6.07) is 10.2. The van der Waals surface area contributed by atoms with Gasteiger partial charge in [-0.2, -0.15) is 0 Å². The lowest BCUT2D eigenvalue weighted by Crippen LogP contribution is -2.30. The van der Waals surface area contributed by atoms with E-state index in [1.807, 2.05) is 23.1 Å². The van der Waals surface area contributed by atoms with Crippen molar-refractivity contribution in [1.29, 1.82) is 0 Å². The molecule has 1 aromatic carbocycles. The molecular weight excluding hydrogens is 334 g/mol. The highest BCUT2D eigenvalue weighted by atomic mass is 32.1. The van der Waals surface area contributed by atoms with E-state index in [9.17, 15) is 4.79 Å². The van der Waals surface area contributed by atoms with E-state index in [2.05, 4.69) is 17.5 Å². The van der Waals surface area contributed by atoms with Crippen LogP contribution in [0.5, 0.6) is 11.5 Å². The van der Waals surface area contributed by atoms with Crippen molar-refractivity contribution in [3.63, 3.8) is 0 Å². The number of aryl methyl sites for hydroxylation is 1. The Bertz CT molecular complexity index is 699. The predicted octanol–water partition coefficient (Wildman–Crippen LogP) is 4.45. The zero-order valence-electron chi connectivity index (χ0n) is 14.9. The van der Waals surface area contributed by atoms with E-state index in [1.165, 1.54) is 4.88 Å². The molecule has 5 heteroatoms. The van der Waals surface area contributed by atoms with Crippen molar-refractivity contribution in [3.05, 3.63) is 46.2 Å². The molecule has 0 aliphatic carbocycles.